The van der Waals surface area contributed by atoms with Gasteiger partial charge in [0.05, 0.1) is 0 Å². The van der Waals surface area contributed by atoms with E-state index in [1.165, 1.54) is 15.7 Å². The second-order valence-electron chi connectivity index (χ2n) is 5.15. The van der Waals surface area contributed by atoms with Crippen LogP contribution in [0, 0.1) is 0 Å². The quantitative estimate of drug-likeness (QED) is 0.687. The van der Waals surface area contributed by atoms with Crippen LogP contribution in [0.5, 0.6) is 0 Å². The fraction of sp³-hybridized carbons (Fsp3) is 0.625. The highest BCUT2D eigenvalue weighted by Crippen LogP contribution is 2.28. The maximum Gasteiger partial charge on any atom is 0.0479 e. The van der Waals surface area contributed by atoms with Crippen molar-refractivity contribution in [2.24, 2.45) is 0 Å². The summed E-state index contributed by atoms with van der Waals surface area (Å²) in [5.41, 5.74) is 2.55. The number of anilines is 1. The number of rotatable bonds is 9. The zero-order chi connectivity index (χ0) is 15.0. The first-order valence-electron chi connectivity index (χ1n) is 7.33. The summed E-state index contributed by atoms with van der Waals surface area (Å²) in [4.78, 5) is 2.26. The van der Waals surface area contributed by atoms with Crippen molar-refractivity contribution in [2.45, 2.75) is 32.7 Å². The SMILES string of the molecule is CCCNC(C)c1ccc(N(C)CCCOC)cc1Br. The first-order valence-corrected chi connectivity index (χ1v) is 8.12. The molecule has 0 fully saturated rings. The Bertz CT molecular complexity index is 398. The molecule has 1 rings (SSSR count). The molecule has 1 N–H and O–H groups in total. The first-order chi connectivity index (χ1) is 9.60. The second kappa shape index (κ2) is 9.37. The van der Waals surface area contributed by atoms with E-state index in [0.717, 1.165) is 32.5 Å². The molecule has 1 unspecified atom stereocenters. The minimum atomic E-state index is 0.372. The smallest absolute Gasteiger partial charge is 0.0479 e. The van der Waals surface area contributed by atoms with Crippen LogP contribution in [0.15, 0.2) is 22.7 Å². The molecular formula is C16H27BrN2O. The molecule has 0 saturated heterocycles. The summed E-state index contributed by atoms with van der Waals surface area (Å²) in [5.74, 6) is 0. The Kier molecular flexibility index (Phi) is 8.19. The molecule has 1 atom stereocenters. The van der Waals surface area contributed by atoms with Gasteiger partial charge in [-0.3, -0.25) is 0 Å². The third kappa shape index (κ3) is 5.43. The molecule has 1 aromatic rings. The van der Waals surface area contributed by atoms with E-state index in [9.17, 15) is 0 Å². The van der Waals surface area contributed by atoms with E-state index < -0.39 is 0 Å². The second-order valence-corrected chi connectivity index (χ2v) is 6.00. The fourth-order valence-electron chi connectivity index (χ4n) is 2.15. The van der Waals surface area contributed by atoms with Gasteiger partial charge in [0, 0.05) is 43.5 Å². The molecule has 0 radical (unpaired) electrons. The summed E-state index contributed by atoms with van der Waals surface area (Å²) >= 11 is 3.70. The lowest BCUT2D eigenvalue weighted by Gasteiger charge is -2.22. The minimum Gasteiger partial charge on any atom is -0.385 e. The summed E-state index contributed by atoms with van der Waals surface area (Å²) in [5, 5.41) is 3.52. The van der Waals surface area contributed by atoms with Gasteiger partial charge >= 0.3 is 0 Å². The predicted octanol–water partition coefficient (Wildman–Crippen LogP) is 3.98. The van der Waals surface area contributed by atoms with Gasteiger partial charge in [-0.1, -0.05) is 28.9 Å². The summed E-state index contributed by atoms with van der Waals surface area (Å²) in [6, 6.07) is 6.97. The molecule has 0 aliphatic rings. The van der Waals surface area contributed by atoms with E-state index in [2.05, 4.69) is 65.2 Å². The number of ether oxygens (including phenoxy) is 1. The summed E-state index contributed by atoms with van der Waals surface area (Å²) in [7, 11) is 3.87. The lowest BCUT2D eigenvalue weighted by Crippen LogP contribution is -2.21. The molecule has 0 saturated carbocycles. The molecule has 1 aromatic carbocycles. The molecule has 0 heterocycles. The monoisotopic (exact) mass is 342 g/mol. The Morgan fingerprint density at radius 3 is 2.75 bits per heavy atom. The van der Waals surface area contributed by atoms with E-state index in [-0.39, 0.29) is 0 Å². The van der Waals surface area contributed by atoms with Gasteiger partial charge in [0.25, 0.3) is 0 Å². The van der Waals surface area contributed by atoms with Crippen LogP contribution < -0.4 is 10.2 Å². The number of nitrogens with zero attached hydrogens (tertiary/aromatic N) is 1. The Morgan fingerprint density at radius 1 is 1.40 bits per heavy atom. The molecule has 20 heavy (non-hydrogen) atoms. The van der Waals surface area contributed by atoms with Gasteiger partial charge in [-0.15, -0.1) is 0 Å². The zero-order valence-corrected chi connectivity index (χ0v) is 14.7. The molecule has 0 amide bonds. The van der Waals surface area contributed by atoms with Gasteiger partial charge in [-0.25, -0.2) is 0 Å². The van der Waals surface area contributed by atoms with Gasteiger partial charge < -0.3 is 15.0 Å². The first kappa shape index (κ1) is 17.5. The van der Waals surface area contributed by atoms with Crippen LogP contribution in [-0.4, -0.2) is 33.9 Å². The van der Waals surface area contributed by atoms with E-state index in [0.29, 0.717) is 6.04 Å². The number of methoxy groups -OCH3 is 1. The summed E-state index contributed by atoms with van der Waals surface area (Å²) < 4.78 is 6.27. The number of nitrogens with one attached hydrogen (secondary N) is 1. The van der Waals surface area contributed by atoms with Crippen molar-refractivity contribution in [3.8, 4) is 0 Å². The lowest BCUT2D eigenvalue weighted by molar-refractivity contribution is 0.196. The topological polar surface area (TPSA) is 24.5 Å². The van der Waals surface area contributed by atoms with Crippen LogP contribution in [-0.2, 0) is 4.74 Å². The molecule has 4 heteroatoms. The molecule has 114 valence electrons. The van der Waals surface area contributed by atoms with Gasteiger partial charge in [-0.2, -0.15) is 0 Å². The molecule has 0 spiro atoms. The van der Waals surface area contributed by atoms with Crippen molar-refractivity contribution < 1.29 is 4.74 Å². The highest BCUT2D eigenvalue weighted by Gasteiger charge is 2.10. The van der Waals surface area contributed by atoms with Crippen LogP contribution in [0.3, 0.4) is 0 Å². The van der Waals surface area contributed by atoms with E-state index in [1.807, 2.05) is 0 Å². The molecule has 0 aromatic heterocycles. The number of hydrogen-bond acceptors (Lipinski definition) is 3. The summed E-state index contributed by atoms with van der Waals surface area (Å²) in [6.45, 7) is 7.25. The molecule has 0 aliphatic carbocycles. The van der Waals surface area contributed by atoms with Gasteiger partial charge in [-0.05, 0) is 44.0 Å². The van der Waals surface area contributed by atoms with E-state index in [4.69, 9.17) is 4.74 Å². The minimum absolute atomic E-state index is 0.372. The standard InChI is InChI=1S/C16H27BrN2O/c1-5-9-18-13(2)15-8-7-14(12-16(15)17)19(3)10-6-11-20-4/h7-8,12-13,18H,5-6,9-11H2,1-4H3. The van der Waals surface area contributed by atoms with E-state index >= 15 is 0 Å². The Balaban J connectivity index is 2.66. The van der Waals surface area contributed by atoms with Gasteiger partial charge in [0.15, 0.2) is 0 Å². The number of hydrogen-bond donors (Lipinski definition) is 1. The number of benzene rings is 1. The fourth-order valence-corrected chi connectivity index (χ4v) is 2.86. The summed E-state index contributed by atoms with van der Waals surface area (Å²) in [6.07, 6.45) is 2.20. The Labute approximate surface area is 131 Å². The van der Waals surface area contributed by atoms with Crippen molar-refractivity contribution >= 4 is 21.6 Å². The maximum atomic E-state index is 5.10. The average Bonchev–Trinajstić information content (AvgIpc) is 2.44. The molecular weight excluding hydrogens is 316 g/mol. The Morgan fingerprint density at radius 2 is 2.15 bits per heavy atom. The van der Waals surface area contributed by atoms with Crippen LogP contribution in [0.1, 0.15) is 38.3 Å². The van der Waals surface area contributed by atoms with Crippen molar-refractivity contribution in [3.63, 3.8) is 0 Å². The van der Waals surface area contributed by atoms with E-state index in [1.54, 1.807) is 7.11 Å². The van der Waals surface area contributed by atoms with Gasteiger partial charge in [0.1, 0.15) is 0 Å². The van der Waals surface area contributed by atoms with Crippen molar-refractivity contribution in [1.29, 1.82) is 0 Å². The number of halogens is 1. The van der Waals surface area contributed by atoms with Crippen LogP contribution in [0.25, 0.3) is 0 Å². The van der Waals surface area contributed by atoms with Crippen molar-refractivity contribution in [2.75, 3.05) is 38.8 Å². The lowest BCUT2D eigenvalue weighted by atomic mass is 10.1. The van der Waals surface area contributed by atoms with Crippen molar-refractivity contribution in [1.82, 2.24) is 5.32 Å². The normalized spacial score (nSPS) is 12.4. The van der Waals surface area contributed by atoms with Crippen LogP contribution in [0.4, 0.5) is 5.69 Å². The average molecular weight is 343 g/mol. The van der Waals surface area contributed by atoms with Crippen molar-refractivity contribution in [3.05, 3.63) is 28.2 Å². The third-order valence-electron chi connectivity index (χ3n) is 3.43. The Hall–Kier alpha value is -0.580. The van der Waals surface area contributed by atoms with Gasteiger partial charge in [0.2, 0.25) is 0 Å². The molecule has 0 aliphatic heterocycles. The molecule has 3 nitrogen and oxygen atoms in total. The maximum absolute atomic E-state index is 5.10. The van der Waals surface area contributed by atoms with Crippen LogP contribution >= 0.6 is 15.9 Å². The van der Waals surface area contributed by atoms with Crippen LogP contribution in [0.2, 0.25) is 0 Å². The predicted molar refractivity (Wildman–Crippen MR) is 90.6 cm³/mol. The zero-order valence-electron chi connectivity index (χ0n) is 13.1. The third-order valence-corrected chi connectivity index (χ3v) is 4.12. The molecule has 0 bridgehead atoms. The highest BCUT2D eigenvalue weighted by molar-refractivity contribution is 9.10. The largest absolute Gasteiger partial charge is 0.385 e. The highest BCUT2D eigenvalue weighted by atomic mass is 79.9.